The topological polar surface area (TPSA) is 63.8 Å². The first-order valence-corrected chi connectivity index (χ1v) is 5.61. The van der Waals surface area contributed by atoms with E-state index in [2.05, 4.69) is 43.0 Å². The first kappa shape index (κ1) is 12.8. The van der Waals surface area contributed by atoms with Gasteiger partial charge in [-0.1, -0.05) is 33.0 Å². The second-order valence-electron chi connectivity index (χ2n) is 4.86. The van der Waals surface area contributed by atoms with Crippen LogP contribution in [0.3, 0.4) is 0 Å². The van der Waals surface area contributed by atoms with E-state index in [1.807, 2.05) is 0 Å². The summed E-state index contributed by atoms with van der Waals surface area (Å²) in [5.74, 6) is 0.563. The quantitative estimate of drug-likeness (QED) is 0.788. The first-order valence-electron chi connectivity index (χ1n) is 5.20. The second-order valence-corrected chi connectivity index (χ2v) is 5.30. The van der Waals surface area contributed by atoms with Gasteiger partial charge in [-0.15, -0.1) is 0 Å². The molecule has 1 aromatic heterocycles. The molecule has 1 rings (SSSR count). The van der Waals surface area contributed by atoms with Gasteiger partial charge >= 0.3 is 0 Å². The van der Waals surface area contributed by atoms with Crippen molar-refractivity contribution in [2.75, 3.05) is 5.32 Å². The van der Waals surface area contributed by atoms with Gasteiger partial charge in [0, 0.05) is 12.2 Å². The Balaban J connectivity index is 2.82. The fraction of sp³-hybridized carbons (Fsp3) is 0.545. The Morgan fingerprint density at radius 2 is 2.12 bits per heavy atom. The lowest BCUT2D eigenvalue weighted by Crippen LogP contribution is -2.31. The minimum atomic E-state index is 0.141. The van der Waals surface area contributed by atoms with E-state index in [9.17, 15) is 0 Å². The summed E-state index contributed by atoms with van der Waals surface area (Å²) in [6.45, 7) is 8.56. The summed E-state index contributed by atoms with van der Waals surface area (Å²) in [7, 11) is 0. The molecule has 1 atom stereocenters. The van der Waals surface area contributed by atoms with Crippen LogP contribution in [0.2, 0.25) is 0 Å². The van der Waals surface area contributed by atoms with E-state index in [4.69, 9.17) is 18.0 Å². The predicted octanol–water partition coefficient (Wildman–Crippen LogP) is 1.96. The van der Waals surface area contributed by atoms with Gasteiger partial charge in [0.05, 0.1) is 0 Å². The summed E-state index contributed by atoms with van der Waals surface area (Å²) in [6.07, 6.45) is 1.65. The minimum absolute atomic E-state index is 0.141. The van der Waals surface area contributed by atoms with Crippen LogP contribution in [0, 0.1) is 5.41 Å². The maximum Gasteiger partial charge on any atom is 0.223 e. The highest BCUT2D eigenvalue weighted by atomic mass is 32.1. The van der Waals surface area contributed by atoms with Crippen molar-refractivity contribution in [1.29, 1.82) is 0 Å². The third-order valence-electron chi connectivity index (χ3n) is 2.55. The van der Waals surface area contributed by atoms with Gasteiger partial charge < -0.3 is 11.1 Å². The average molecular weight is 238 g/mol. The predicted molar refractivity (Wildman–Crippen MR) is 70.5 cm³/mol. The van der Waals surface area contributed by atoms with E-state index in [1.54, 1.807) is 12.3 Å². The summed E-state index contributed by atoms with van der Waals surface area (Å²) in [5, 5.41) is 3.24. The molecular weight excluding hydrogens is 220 g/mol. The van der Waals surface area contributed by atoms with Gasteiger partial charge in [0.1, 0.15) is 10.7 Å². The van der Waals surface area contributed by atoms with Gasteiger partial charge in [-0.2, -0.15) is 0 Å². The Morgan fingerprint density at radius 1 is 1.50 bits per heavy atom. The van der Waals surface area contributed by atoms with Gasteiger partial charge in [0.25, 0.3) is 0 Å². The molecule has 16 heavy (non-hydrogen) atoms. The maximum absolute atomic E-state index is 5.51. The minimum Gasteiger partial charge on any atom is -0.388 e. The Labute approximate surface area is 102 Å². The second kappa shape index (κ2) is 4.74. The summed E-state index contributed by atoms with van der Waals surface area (Å²) in [4.78, 5) is 8.66. The van der Waals surface area contributed by atoms with Gasteiger partial charge in [-0.25, -0.2) is 9.97 Å². The smallest absolute Gasteiger partial charge is 0.223 e. The Bertz CT molecular complexity index is 384. The van der Waals surface area contributed by atoms with Crippen LogP contribution in [0.15, 0.2) is 12.3 Å². The van der Waals surface area contributed by atoms with Crippen molar-refractivity contribution in [3.05, 3.63) is 18.0 Å². The van der Waals surface area contributed by atoms with E-state index in [0.717, 1.165) is 0 Å². The molecule has 3 N–H and O–H groups in total. The van der Waals surface area contributed by atoms with E-state index < -0.39 is 0 Å². The lowest BCUT2D eigenvalue weighted by atomic mass is 9.88. The molecule has 0 saturated heterocycles. The molecular formula is C11H18N4S. The largest absolute Gasteiger partial charge is 0.388 e. The highest BCUT2D eigenvalue weighted by Gasteiger charge is 2.20. The SMILES string of the molecule is CC(Nc1nccc(C(N)=S)n1)C(C)(C)C. The Kier molecular flexibility index (Phi) is 3.80. The summed E-state index contributed by atoms with van der Waals surface area (Å²) >= 11 is 4.87. The van der Waals surface area contributed by atoms with Crippen molar-refractivity contribution < 1.29 is 0 Å². The number of nitrogens with one attached hydrogen (secondary N) is 1. The molecule has 1 unspecified atom stereocenters. The molecule has 0 aliphatic rings. The van der Waals surface area contributed by atoms with Crippen LogP contribution in [0.4, 0.5) is 5.95 Å². The highest BCUT2D eigenvalue weighted by molar-refractivity contribution is 7.80. The van der Waals surface area contributed by atoms with Crippen LogP contribution in [0.5, 0.6) is 0 Å². The molecule has 88 valence electrons. The van der Waals surface area contributed by atoms with Crippen molar-refractivity contribution in [2.24, 2.45) is 11.1 Å². The first-order chi connectivity index (χ1) is 7.30. The third kappa shape index (κ3) is 3.41. The lowest BCUT2D eigenvalue weighted by molar-refractivity contribution is 0.358. The van der Waals surface area contributed by atoms with Crippen molar-refractivity contribution in [1.82, 2.24) is 9.97 Å². The Hall–Kier alpha value is -1.23. The monoisotopic (exact) mass is 238 g/mol. The molecule has 0 bridgehead atoms. The molecule has 0 aliphatic heterocycles. The lowest BCUT2D eigenvalue weighted by Gasteiger charge is -2.28. The zero-order valence-electron chi connectivity index (χ0n) is 10.1. The van der Waals surface area contributed by atoms with E-state index in [0.29, 0.717) is 11.6 Å². The summed E-state index contributed by atoms with van der Waals surface area (Å²) in [6, 6.07) is 1.96. The third-order valence-corrected chi connectivity index (χ3v) is 2.76. The summed E-state index contributed by atoms with van der Waals surface area (Å²) < 4.78 is 0. The fourth-order valence-corrected chi connectivity index (χ4v) is 1.09. The molecule has 4 nitrogen and oxygen atoms in total. The summed E-state index contributed by atoms with van der Waals surface area (Å²) in [5.41, 5.74) is 6.25. The number of anilines is 1. The van der Waals surface area contributed by atoms with Gasteiger partial charge in [-0.05, 0) is 18.4 Å². The molecule has 0 saturated carbocycles. The molecule has 1 aromatic rings. The number of hydrogen-bond acceptors (Lipinski definition) is 4. The normalized spacial score (nSPS) is 13.2. The van der Waals surface area contributed by atoms with Crippen LogP contribution in [0.25, 0.3) is 0 Å². The fourth-order valence-electron chi connectivity index (χ4n) is 0.976. The Morgan fingerprint density at radius 3 is 2.62 bits per heavy atom. The maximum atomic E-state index is 5.51. The number of nitrogens with zero attached hydrogens (tertiary/aromatic N) is 2. The number of aromatic nitrogens is 2. The molecule has 1 heterocycles. The van der Waals surface area contributed by atoms with Crippen molar-refractivity contribution in [3.63, 3.8) is 0 Å². The van der Waals surface area contributed by atoms with Crippen molar-refractivity contribution in [3.8, 4) is 0 Å². The number of hydrogen-bond donors (Lipinski definition) is 2. The molecule has 0 spiro atoms. The molecule has 0 amide bonds. The van der Waals surface area contributed by atoms with Crippen molar-refractivity contribution >= 4 is 23.2 Å². The van der Waals surface area contributed by atoms with E-state index in [-0.39, 0.29) is 16.4 Å². The van der Waals surface area contributed by atoms with Gasteiger partial charge in [0.2, 0.25) is 5.95 Å². The number of rotatable bonds is 3. The van der Waals surface area contributed by atoms with Crippen LogP contribution in [-0.2, 0) is 0 Å². The van der Waals surface area contributed by atoms with Crippen molar-refractivity contribution in [2.45, 2.75) is 33.7 Å². The van der Waals surface area contributed by atoms with Crippen LogP contribution >= 0.6 is 12.2 Å². The molecule has 0 aromatic carbocycles. The number of thiocarbonyl (C=S) groups is 1. The number of nitrogens with two attached hydrogens (primary N) is 1. The van der Waals surface area contributed by atoms with Crippen LogP contribution < -0.4 is 11.1 Å². The van der Waals surface area contributed by atoms with Crippen LogP contribution in [0.1, 0.15) is 33.4 Å². The van der Waals surface area contributed by atoms with E-state index >= 15 is 0 Å². The zero-order chi connectivity index (χ0) is 12.3. The molecule has 0 fully saturated rings. The van der Waals surface area contributed by atoms with Gasteiger partial charge in [-0.3, -0.25) is 0 Å². The molecule has 5 heteroatoms. The van der Waals surface area contributed by atoms with Gasteiger partial charge in [0.15, 0.2) is 0 Å². The molecule has 0 radical (unpaired) electrons. The molecule has 0 aliphatic carbocycles. The zero-order valence-corrected chi connectivity index (χ0v) is 10.9. The van der Waals surface area contributed by atoms with E-state index in [1.165, 1.54) is 0 Å². The highest BCUT2D eigenvalue weighted by Crippen LogP contribution is 2.21. The standard InChI is InChI=1S/C11H18N4S/c1-7(11(2,3)4)14-10-13-6-5-8(15-10)9(12)16/h5-7H,1-4H3,(H2,12,16)(H,13,14,15). The van der Waals surface area contributed by atoms with Crippen LogP contribution in [-0.4, -0.2) is 21.0 Å². The average Bonchev–Trinajstić information content (AvgIpc) is 2.16.